The number of nitrogens with zero attached hydrogens (tertiary/aromatic N) is 5. The highest BCUT2D eigenvalue weighted by Crippen LogP contribution is 2.22. The van der Waals surface area contributed by atoms with Crippen molar-refractivity contribution in [3.63, 3.8) is 0 Å². The van der Waals surface area contributed by atoms with Crippen molar-refractivity contribution in [1.29, 1.82) is 0 Å². The second-order valence-corrected chi connectivity index (χ2v) is 6.19. The van der Waals surface area contributed by atoms with Crippen molar-refractivity contribution < 1.29 is 9.72 Å². The molecule has 0 aliphatic carbocycles. The molecule has 2 aromatic heterocycles. The molecule has 0 atom stereocenters. The van der Waals surface area contributed by atoms with Crippen LogP contribution in [0, 0.1) is 10.1 Å². The van der Waals surface area contributed by atoms with E-state index in [0.29, 0.717) is 16.7 Å². The lowest BCUT2D eigenvalue weighted by Gasteiger charge is -2.05. The van der Waals surface area contributed by atoms with Crippen molar-refractivity contribution >= 4 is 29.0 Å². The molecule has 0 saturated carbocycles. The second-order valence-electron chi connectivity index (χ2n) is 5.25. The monoisotopic (exact) mass is 370 g/mol. The molecule has 0 saturated heterocycles. The molecule has 0 bridgehead atoms. The summed E-state index contributed by atoms with van der Waals surface area (Å²) in [6.45, 7) is 0. The van der Waals surface area contributed by atoms with Gasteiger partial charge >= 0.3 is 0 Å². The predicted octanol–water partition coefficient (Wildman–Crippen LogP) is 2.52. The number of nitro groups is 1. The highest BCUT2D eigenvalue weighted by atomic mass is 32.2. The van der Waals surface area contributed by atoms with E-state index in [9.17, 15) is 14.9 Å². The smallest absolute Gasteiger partial charge is 0.269 e. The number of pyridine rings is 1. The molecule has 26 heavy (non-hydrogen) atoms. The number of nitro benzene ring substituents is 1. The molecule has 0 unspecified atom stereocenters. The van der Waals surface area contributed by atoms with Crippen molar-refractivity contribution in [3.8, 4) is 11.4 Å². The van der Waals surface area contributed by atoms with Gasteiger partial charge in [0.1, 0.15) is 0 Å². The van der Waals surface area contributed by atoms with Crippen LogP contribution in [0.4, 0.5) is 11.4 Å². The highest BCUT2D eigenvalue weighted by Gasteiger charge is 2.13. The summed E-state index contributed by atoms with van der Waals surface area (Å²) in [5.41, 5.74) is 1.30. The van der Waals surface area contributed by atoms with Crippen LogP contribution in [0.25, 0.3) is 11.4 Å². The van der Waals surface area contributed by atoms with Gasteiger partial charge < -0.3 is 9.88 Å². The third-order valence-electron chi connectivity index (χ3n) is 3.45. The molecule has 2 heterocycles. The number of hydrogen-bond donors (Lipinski definition) is 1. The molecule has 0 spiro atoms. The summed E-state index contributed by atoms with van der Waals surface area (Å²) in [6.07, 6.45) is 3.37. The number of non-ortho nitro benzene ring substituents is 1. The van der Waals surface area contributed by atoms with Gasteiger partial charge in [0.2, 0.25) is 5.91 Å². The number of thioether (sulfide) groups is 1. The fraction of sp³-hybridized carbons (Fsp3) is 0.125. The van der Waals surface area contributed by atoms with E-state index >= 15 is 0 Å². The molecular weight excluding hydrogens is 356 g/mol. The lowest BCUT2D eigenvalue weighted by Crippen LogP contribution is -2.14. The number of aromatic nitrogens is 4. The summed E-state index contributed by atoms with van der Waals surface area (Å²) in [5.74, 6) is 0.557. The molecule has 0 fully saturated rings. The number of amides is 1. The molecule has 3 rings (SSSR count). The predicted molar refractivity (Wildman–Crippen MR) is 96.7 cm³/mol. The van der Waals surface area contributed by atoms with Crippen LogP contribution in [0.15, 0.2) is 53.9 Å². The fourth-order valence-electron chi connectivity index (χ4n) is 2.18. The van der Waals surface area contributed by atoms with Gasteiger partial charge in [-0.3, -0.25) is 19.9 Å². The molecule has 1 aromatic carbocycles. The Morgan fingerprint density at radius 1 is 1.27 bits per heavy atom. The van der Waals surface area contributed by atoms with Crippen LogP contribution in [0.5, 0.6) is 0 Å². The van der Waals surface area contributed by atoms with Crippen molar-refractivity contribution in [2.75, 3.05) is 11.1 Å². The first-order valence-corrected chi connectivity index (χ1v) is 8.50. The standard InChI is InChI=1S/C16H14N6O3S/c1-21-15(11-3-2-8-17-9-11)19-20-16(21)26-10-14(23)18-12-4-6-13(7-5-12)22(24)25/h2-9H,10H2,1H3,(H,18,23). The number of carbonyl (C=O) groups is 1. The third-order valence-corrected chi connectivity index (χ3v) is 4.47. The van der Waals surface area contributed by atoms with Crippen molar-refractivity contribution in [2.45, 2.75) is 5.16 Å². The van der Waals surface area contributed by atoms with E-state index in [-0.39, 0.29) is 17.3 Å². The van der Waals surface area contributed by atoms with Gasteiger partial charge in [0, 0.05) is 42.8 Å². The van der Waals surface area contributed by atoms with Crippen molar-refractivity contribution in [3.05, 3.63) is 58.9 Å². The van der Waals surface area contributed by atoms with Gasteiger partial charge in [-0.1, -0.05) is 11.8 Å². The minimum atomic E-state index is -0.491. The highest BCUT2D eigenvalue weighted by molar-refractivity contribution is 7.99. The van der Waals surface area contributed by atoms with Crippen LogP contribution in [0.3, 0.4) is 0 Å². The van der Waals surface area contributed by atoms with Gasteiger partial charge in [-0.2, -0.15) is 0 Å². The van der Waals surface area contributed by atoms with Gasteiger partial charge in [0.25, 0.3) is 5.69 Å². The van der Waals surface area contributed by atoms with E-state index < -0.39 is 4.92 Å². The SMILES string of the molecule is Cn1c(SCC(=O)Nc2ccc([N+](=O)[O-])cc2)nnc1-c1cccnc1. The van der Waals surface area contributed by atoms with Crippen LogP contribution in [0.2, 0.25) is 0 Å². The molecular formula is C16H14N6O3S. The zero-order valence-corrected chi connectivity index (χ0v) is 14.5. The molecule has 0 aliphatic rings. The largest absolute Gasteiger partial charge is 0.325 e. The van der Waals surface area contributed by atoms with E-state index in [2.05, 4.69) is 20.5 Å². The number of rotatable bonds is 6. The van der Waals surface area contributed by atoms with Crippen molar-refractivity contribution in [2.24, 2.45) is 7.05 Å². The van der Waals surface area contributed by atoms with Crippen LogP contribution in [-0.2, 0) is 11.8 Å². The molecule has 132 valence electrons. The summed E-state index contributed by atoms with van der Waals surface area (Å²) >= 11 is 1.25. The molecule has 3 aromatic rings. The molecule has 9 nitrogen and oxygen atoms in total. The minimum Gasteiger partial charge on any atom is -0.325 e. The Morgan fingerprint density at radius 3 is 2.69 bits per heavy atom. The Hall–Kier alpha value is -3.27. The van der Waals surface area contributed by atoms with Gasteiger partial charge in [-0.25, -0.2) is 0 Å². The van der Waals surface area contributed by atoms with Crippen LogP contribution in [0.1, 0.15) is 0 Å². The van der Waals surface area contributed by atoms with Crippen molar-refractivity contribution in [1.82, 2.24) is 19.7 Å². The topological polar surface area (TPSA) is 116 Å². The molecule has 0 aliphatic heterocycles. The quantitative estimate of drug-likeness (QED) is 0.402. The van der Waals surface area contributed by atoms with E-state index in [1.54, 1.807) is 17.0 Å². The average molecular weight is 370 g/mol. The first-order valence-electron chi connectivity index (χ1n) is 7.51. The lowest BCUT2D eigenvalue weighted by atomic mass is 10.3. The fourth-order valence-corrected chi connectivity index (χ4v) is 2.89. The Labute approximate surface area is 152 Å². The van der Waals surface area contributed by atoms with Crippen LogP contribution in [-0.4, -0.2) is 36.3 Å². The van der Waals surface area contributed by atoms with E-state index in [1.807, 2.05) is 19.2 Å². The number of benzene rings is 1. The van der Waals surface area contributed by atoms with Gasteiger partial charge in [-0.15, -0.1) is 10.2 Å². The molecule has 1 amide bonds. The van der Waals surface area contributed by atoms with Crippen LogP contribution < -0.4 is 5.32 Å². The first kappa shape index (κ1) is 17.5. The molecule has 1 N–H and O–H groups in total. The van der Waals surface area contributed by atoms with Crippen LogP contribution >= 0.6 is 11.8 Å². The van der Waals surface area contributed by atoms with E-state index in [0.717, 1.165) is 5.56 Å². The number of anilines is 1. The zero-order valence-electron chi connectivity index (χ0n) is 13.7. The summed E-state index contributed by atoms with van der Waals surface area (Å²) in [6, 6.07) is 9.35. The Balaban J connectivity index is 1.60. The number of nitrogens with one attached hydrogen (secondary N) is 1. The maximum absolute atomic E-state index is 12.1. The average Bonchev–Trinajstić information content (AvgIpc) is 3.02. The Morgan fingerprint density at radius 2 is 2.04 bits per heavy atom. The molecule has 10 heteroatoms. The maximum Gasteiger partial charge on any atom is 0.269 e. The number of carbonyl (C=O) groups excluding carboxylic acids is 1. The Bertz CT molecular complexity index is 927. The summed E-state index contributed by atoms with van der Waals surface area (Å²) in [5, 5.41) is 22.1. The second kappa shape index (κ2) is 7.74. The lowest BCUT2D eigenvalue weighted by molar-refractivity contribution is -0.384. The maximum atomic E-state index is 12.1. The van der Waals surface area contributed by atoms with Gasteiger partial charge in [0.05, 0.1) is 10.7 Å². The summed E-state index contributed by atoms with van der Waals surface area (Å²) < 4.78 is 1.79. The van der Waals surface area contributed by atoms with Gasteiger partial charge in [-0.05, 0) is 24.3 Å². The third kappa shape index (κ3) is 4.03. The Kier molecular flexibility index (Phi) is 5.23. The zero-order chi connectivity index (χ0) is 18.5. The van der Waals surface area contributed by atoms with E-state index in [1.165, 1.54) is 36.0 Å². The molecule has 0 radical (unpaired) electrons. The summed E-state index contributed by atoms with van der Waals surface area (Å²) in [7, 11) is 1.82. The van der Waals surface area contributed by atoms with E-state index in [4.69, 9.17) is 0 Å². The van der Waals surface area contributed by atoms with Gasteiger partial charge in [0.15, 0.2) is 11.0 Å². The summed E-state index contributed by atoms with van der Waals surface area (Å²) in [4.78, 5) is 26.3. The normalized spacial score (nSPS) is 10.5. The minimum absolute atomic E-state index is 0.0283. The number of hydrogen-bond acceptors (Lipinski definition) is 7. The first-order chi connectivity index (χ1) is 12.5.